The summed E-state index contributed by atoms with van der Waals surface area (Å²) >= 11 is 1.51. The van der Waals surface area contributed by atoms with E-state index in [1.165, 1.54) is 11.3 Å². The molecule has 0 amide bonds. The number of rotatable bonds is 6. The van der Waals surface area contributed by atoms with Crippen molar-refractivity contribution in [3.8, 4) is 11.5 Å². The molecular weight excluding hydrogens is 319 g/mol. The predicted octanol–water partition coefficient (Wildman–Crippen LogP) is 0.802. The van der Waals surface area contributed by atoms with Crippen LogP contribution in [0.15, 0.2) is 10.8 Å². The van der Waals surface area contributed by atoms with E-state index in [0.717, 1.165) is 11.5 Å². The van der Waals surface area contributed by atoms with Crippen molar-refractivity contribution in [2.75, 3.05) is 25.6 Å². The van der Waals surface area contributed by atoms with Crippen LogP contribution in [-0.4, -0.2) is 96.0 Å². The average molecular weight is 333 g/mol. The number of hydrogen-bond acceptors (Lipinski definition) is 6. The first kappa shape index (κ1) is 17.9. The number of thiophene rings is 1. The molecule has 0 saturated heterocycles. The van der Waals surface area contributed by atoms with Gasteiger partial charge in [-0.05, 0) is 6.42 Å². The van der Waals surface area contributed by atoms with Crippen molar-refractivity contribution in [3.05, 3.63) is 10.8 Å². The molecule has 9 heteroatoms. The molecule has 0 spiro atoms. The Morgan fingerprint density at radius 1 is 1.42 bits per heavy atom. The molecule has 0 fully saturated rings. The maximum absolute atomic E-state index is 10.5. The fraction of sp³-hybridized carbons (Fsp3) is 0.600. The molecule has 1 aliphatic rings. The topological polar surface area (TPSA) is 82.1 Å². The second kappa shape index (κ2) is 8.30. The third kappa shape index (κ3) is 6.40. The van der Waals surface area contributed by atoms with E-state index in [1.807, 2.05) is 10.8 Å². The molecule has 1 radical (unpaired) electrons. The molecule has 2 heterocycles. The quantitative estimate of drug-likeness (QED) is 0.471. The Morgan fingerprint density at radius 3 is 2.89 bits per heavy atom. The Kier molecular flexibility index (Phi) is 7.80. The molecule has 1 aromatic heterocycles. The van der Waals surface area contributed by atoms with Gasteiger partial charge in [-0.1, -0.05) is 0 Å². The summed E-state index contributed by atoms with van der Waals surface area (Å²) in [5.41, 5.74) is 0. The van der Waals surface area contributed by atoms with Gasteiger partial charge in [-0.25, -0.2) is 0 Å². The van der Waals surface area contributed by atoms with Crippen molar-refractivity contribution in [3.63, 3.8) is 0 Å². The molecule has 1 atom stereocenters. The third-order valence-corrected chi connectivity index (χ3v) is 3.81. The molecule has 2 rings (SSSR count). The molecular formula is C10H14KO6S2. The second-order valence-electron chi connectivity index (χ2n) is 3.87. The van der Waals surface area contributed by atoms with Gasteiger partial charge in [0.25, 0.3) is 10.1 Å². The van der Waals surface area contributed by atoms with Crippen LogP contribution < -0.4 is 9.47 Å². The van der Waals surface area contributed by atoms with Crippen LogP contribution in [0.2, 0.25) is 0 Å². The molecule has 1 N–H and O–H groups in total. The Morgan fingerprint density at radius 2 is 2.16 bits per heavy atom. The summed E-state index contributed by atoms with van der Waals surface area (Å²) in [6.45, 7) is 1.01. The molecule has 1 aliphatic heterocycles. The summed E-state index contributed by atoms with van der Waals surface area (Å²) < 4.78 is 45.8. The normalized spacial score (nSPS) is 17.8. The Labute approximate surface area is 158 Å². The molecule has 0 aromatic carbocycles. The fourth-order valence-electron chi connectivity index (χ4n) is 1.50. The van der Waals surface area contributed by atoms with E-state index >= 15 is 0 Å². The molecule has 1 aromatic rings. The molecule has 6 nitrogen and oxygen atoms in total. The van der Waals surface area contributed by atoms with Crippen molar-refractivity contribution in [2.24, 2.45) is 0 Å². The van der Waals surface area contributed by atoms with Crippen molar-refractivity contribution in [1.29, 1.82) is 0 Å². The zero-order valence-electron chi connectivity index (χ0n) is 10.6. The minimum atomic E-state index is -3.90. The minimum Gasteiger partial charge on any atom is -0.485 e. The monoisotopic (exact) mass is 333 g/mol. The number of fused-ring (bicyclic) bond motifs is 1. The fourth-order valence-corrected chi connectivity index (χ4v) is 2.66. The maximum atomic E-state index is 10.5. The van der Waals surface area contributed by atoms with Gasteiger partial charge < -0.3 is 14.2 Å². The van der Waals surface area contributed by atoms with Crippen LogP contribution in [0.5, 0.6) is 11.5 Å². The Balaban J connectivity index is 0.00000180. The van der Waals surface area contributed by atoms with Crippen molar-refractivity contribution in [2.45, 2.75) is 12.5 Å². The predicted molar refractivity (Wildman–Crippen MR) is 71.8 cm³/mol. The van der Waals surface area contributed by atoms with Crippen molar-refractivity contribution >= 4 is 72.8 Å². The number of hydrogen-bond donors (Lipinski definition) is 1. The van der Waals surface area contributed by atoms with Crippen LogP contribution >= 0.6 is 11.3 Å². The van der Waals surface area contributed by atoms with Crippen LogP contribution in [0, 0.1) is 0 Å². The van der Waals surface area contributed by atoms with E-state index in [0.29, 0.717) is 13.2 Å². The SMILES string of the molecule is O=S(=O)(O)CCCOCC1COc2cscc2O1.[K]. The van der Waals surface area contributed by atoms with E-state index in [-0.39, 0.29) is 76.3 Å². The standard InChI is InChI=1S/C10H14O6S2.K/c11-18(12,13)3-1-2-14-4-8-5-15-9-6-17-7-10(9)16-8;/h6-8H,1-5H2,(H,11,12,13);. The van der Waals surface area contributed by atoms with Gasteiger partial charge in [-0.2, -0.15) is 8.42 Å². The van der Waals surface area contributed by atoms with Crippen LogP contribution in [0.4, 0.5) is 0 Å². The minimum absolute atomic E-state index is 0. The van der Waals surface area contributed by atoms with E-state index in [1.54, 1.807) is 0 Å². The summed E-state index contributed by atoms with van der Waals surface area (Å²) in [5, 5.41) is 3.73. The van der Waals surface area contributed by atoms with Gasteiger partial charge in [0.1, 0.15) is 6.61 Å². The van der Waals surface area contributed by atoms with Crippen molar-refractivity contribution < 1.29 is 27.2 Å². The molecule has 0 saturated carbocycles. The van der Waals surface area contributed by atoms with Gasteiger partial charge in [-0.15, -0.1) is 11.3 Å². The Hall–Kier alpha value is 0.806. The molecule has 0 aliphatic carbocycles. The van der Waals surface area contributed by atoms with Gasteiger partial charge in [0.2, 0.25) is 0 Å². The summed E-state index contributed by atoms with van der Waals surface area (Å²) in [5.74, 6) is 1.18. The van der Waals surface area contributed by atoms with E-state index in [2.05, 4.69) is 0 Å². The van der Waals surface area contributed by atoms with E-state index in [9.17, 15) is 8.42 Å². The summed E-state index contributed by atoms with van der Waals surface area (Å²) in [6.07, 6.45) is 0.0775. The van der Waals surface area contributed by atoms with Gasteiger partial charge in [-0.3, -0.25) is 4.55 Å². The molecule has 103 valence electrons. The summed E-state index contributed by atoms with van der Waals surface area (Å²) in [4.78, 5) is 0. The summed E-state index contributed by atoms with van der Waals surface area (Å²) in [6, 6.07) is 0. The van der Waals surface area contributed by atoms with Gasteiger partial charge >= 0.3 is 0 Å². The van der Waals surface area contributed by atoms with Crippen LogP contribution in [0.25, 0.3) is 0 Å². The van der Waals surface area contributed by atoms with Crippen molar-refractivity contribution in [1.82, 2.24) is 0 Å². The Bertz CT molecular complexity index is 486. The zero-order chi connectivity index (χ0) is 13.0. The van der Waals surface area contributed by atoms with Gasteiger partial charge in [0.05, 0.1) is 12.4 Å². The molecule has 1 unspecified atom stereocenters. The maximum Gasteiger partial charge on any atom is 0.264 e. The smallest absolute Gasteiger partial charge is 0.264 e. The summed E-state index contributed by atoms with van der Waals surface area (Å²) in [7, 11) is -3.90. The zero-order valence-corrected chi connectivity index (χ0v) is 15.3. The molecule has 19 heavy (non-hydrogen) atoms. The van der Waals surface area contributed by atoms with Gasteiger partial charge in [0, 0.05) is 68.8 Å². The first-order valence-electron chi connectivity index (χ1n) is 5.43. The van der Waals surface area contributed by atoms with Gasteiger partial charge in [0.15, 0.2) is 17.6 Å². The van der Waals surface area contributed by atoms with E-state index < -0.39 is 10.1 Å². The third-order valence-electron chi connectivity index (χ3n) is 2.31. The number of ether oxygens (including phenoxy) is 3. The first-order chi connectivity index (χ1) is 8.54. The largest absolute Gasteiger partial charge is 0.485 e. The van der Waals surface area contributed by atoms with Crippen LogP contribution in [0.1, 0.15) is 6.42 Å². The second-order valence-corrected chi connectivity index (χ2v) is 6.18. The van der Waals surface area contributed by atoms with Crippen LogP contribution in [-0.2, 0) is 14.9 Å². The first-order valence-corrected chi connectivity index (χ1v) is 7.98. The van der Waals surface area contributed by atoms with E-state index in [4.69, 9.17) is 18.8 Å². The average Bonchev–Trinajstić information content (AvgIpc) is 2.74. The van der Waals surface area contributed by atoms with Crippen LogP contribution in [0.3, 0.4) is 0 Å². The molecule has 0 bridgehead atoms.